The molecule has 0 aliphatic rings. The molecule has 0 bridgehead atoms. The average Bonchev–Trinajstić information content (AvgIpc) is 3.18. The van der Waals surface area contributed by atoms with Gasteiger partial charge in [0.2, 0.25) is 0 Å². The highest BCUT2D eigenvalue weighted by Crippen LogP contribution is 2.31. The lowest BCUT2D eigenvalue weighted by Crippen LogP contribution is -2.29. The number of hydrogen-bond acceptors (Lipinski definition) is 3. The summed E-state index contributed by atoms with van der Waals surface area (Å²) in [4.78, 5) is 22.5. The summed E-state index contributed by atoms with van der Waals surface area (Å²) in [6.45, 7) is 2.37. The summed E-state index contributed by atoms with van der Waals surface area (Å²) in [6.07, 6.45) is 2.05. The number of nitrogens with one attached hydrogen (secondary N) is 2. The van der Waals surface area contributed by atoms with Crippen molar-refractivity contribution in [1.82, 2.24) is 15.3 Å². The number of rotatable bonds is 6. The van der Waals surface area contributed by atoms with Gasteiger partial charge in [-0.1, -0.05) is 36.4 Å². The van der Waals surface area contributed by atoms with Crippen LogP contribution < -0.4 is 10.2 Å². The normalized spacial score (nSPS) is 12.0. The smallest absolute Gasteiger partial charge is 0.269 e. The molecule has 5 nitrogen and oxygen atoms in total. The first-order valence-corrected chi connectivity index (χ1v) is 10.1. The number of carbonyl (C=O) groups is 1. The highest BCUT2D eigenvalue weighted by atomic mass is 16.1. The van der Waals surface area contributed by atoms with Gasteiger partial charge in [-0.2, -0.15) is 0 Å². The summed E-state index contributed by atoms with van der Waals surface area (Å²) in [7, 11) is 4.06. The van der Waals surface area contributed by atoms with E-state index in [4.69, 9.17) is 0 Å². The van der Waals surface area contributed by atoms with E-state index in [1.165, 1.54) is 10.9 Å². The van der Waals surface area contributed by atoms with Crippen LogP contribution in [-0.4, -0.2) is 36.5 Å². The van der Waals surface area contributed by atoms with Crippen LogP contribution in [-0.2, 0) is 0 Å². The molecular formula is C25H26N4O. The maximum absolute atomic E-state index is 12.7. The Labute approximate surface area is 176 Å². The monoisotopic (exact) mass is 398 g/mol. The summed E-state index contributed by atoms with van der Waals surface area (Å²) in [6, 6.07) is 22.2. The number of amides is 1. The standard InChI is InChI=1S/C25H26N4O/c1-17-7-6-10-24(28-17)25(30)27-15-21(18-11-13-19(14-12-18)29(2)3)22-16-26-23-9-5-4-8-20(22)23/h4-14,16,21,26H,15H2,1-3H3,(H,27,30). The van der Waals surface area contributed by atoms with Gasteiger partial charge < -0.3 is 15.2 Å². The molecular weight excluding hydrogens is 372 g/mol. The largest absolute Gasteiger partial charge is 0.378 e. The Kier molecular flexibility index (Phi) is 5.53. The zero-order chi connectivity index (χ0) is 21.1. The fourth-order valence-corrected chi connectivity index (χ4v) is 3.75. The Hall–Kier alpha value is -3.60. The second-order valence-electron chi connectivity index (χ2n) is 7.70. The van der Waals surface area contributed by atoms with Crippen LogP contribution in [0.4, 0.5) is 5.69 Å². The molecule has 0 spiro atoms. The molecule has 0 aliphatic carbocycles. The minimum atomic E-state index is -0.159. The first-order valence-electron chi connectivity index (χ1n) is 10.1. The van der Waals surface area contributed by atoms with Crippen molar-refractivity contribution in [2.75, 3.05) is 25.5 Å². The number of aromatic nitrogens is 2. The lowest BCUT2D eigenvalue weighted by molar-refractivity contribution is 0.0947. The van der Waals surface area contributed by atoms with E-state index in [0.29, 0.717) is 12.2 Å². The zero-order valence-electron chi connectivity index (χ0n) is 17.5. The van der Waals surface area contributed by atoms with Crippen molar-refractivity contribution in [3.63, 3.8) is 0 Å². The second-order valence-corrected chi connectivity index (χ2v) is 7.70. The van der Waals surface area contributed by atoms with Crippen molar-refractivity contribution in [3.05, 3.63) is 95.4 Å². The van der Waals surface area contributed by atoms with Crippen LogP contribution >= 0.6 is 0 Å². The quantitative estimate of drug-likeness (QED) is 0.503. The Morgan fingerprint density at radius 2 is 1.80 bits per heavy atom. The number of fused-ring (bicyclic) bond motifs is 1. The molecule has 1 atom stereocenters. The Balaban J connectivity index is 1.66. The maximum Gasteiger partial charge on any atom is 0.269 e. The highest BCUT2D eigenvalue weighted by molar-refractivity contribution is 5.92. The van der Waals surface area contributed by atoms with Crippen LogP contribution in [0.25, 0.3) is 10.9 Å². The molecule has 1 amide bonds. The van der Waals surface area contributed by atoms with E-state index in [1.54, 1.807) is 6.07 Å². The second kappa shape index (κ2) is 8.41. The lowest BCUT2D eigenvalue weighted by Gasteiger charge is -2.20. The molecule has 30 heavy (non-hydrogen) atoms. The summed E-state index contributed by atoms with van der Waals surface area (Å²) < 4.78 is 0. The molecule has 1 unspecified atom stereocenters. The van der Waals surface area contributed by atoms with Crippen LogP contribution in [0.5, 0.6) is 0 Å². The molecule has 0 aliphatic heterocycles. The Morgan fingerprint density at radius 1 is 1.03 bits per heavy atom. The van der Waals surface area contributed by atoms with E-state index in [2.05, 4.69) is 56.6 Å². The average molecular weight is 399 g/mol. The van der Waals surface area contributed by atoms with Crippen molar-refractivity contribution < 1.29 is 4.79 Å². The minimum Gasteiger partial charge on any atom is -0.378 e. The van der Waals surface area contributed by atoms with Gasteiger partial charge in [0, 0.05) is 55.0 Å². The summed E-state index contributed by atoms with van der Waals surface area (Å²) >= 11 is 0. The summed E-state index contributed by atoms with van der Waals surface area (Å²) in [5.74, 6) is -0.139. The number of aromatic amines is 1. The predicted octanol–water partition coefficient (Wildman–Crippen LogP) is 4.50. The lowest BCUT2D eigenvalue weighted by atomic mass is 9.90. The van der Waals surface area contributed by atoms with E-state index in [-0.39, 0.29) is 11.8 Å². The molecule has 152 valence electrons. The molecule has 0 fully saturated rings. The Morgan fingerprint density at radius 3 is 2.53 bits per heavy atom. The van der Waals surface area contributed by atoms with Crippen molar-refractivity contribution in [2.45, 2.75) is 12.8 Å². The van der Waals surface area contributed by atoms with Gasteiger partial charge in [0.1, 0.15) is 5.69 Å². The number of aryl methyl sites for hydroxylation is 1. The molecule has 2 N–H and O–H groups in total. The number of hydrogen-bond donors (Lipinski definition) is 2. The van der Waals surface area contributed by atoms with E-state index in [0.717, 1.165) is 22.5 Å². The van der Waals surface area contributed by atoms with Crippen molar-refractivity contribution >= 4 is 22.5 Å². The van der Waals surface area contributed by atoms with Crippen LogP contribution in [0, 0.1) is 6.92 Å². The van der Waals surface area contributed by atoms with Gasteiger partial charge in [-0.05, 0) is 48.4 Å². The van der Waals surface area contributed by atoms with Gasteiger partial charge in [-0.25, -0.2) is 4.98 Å². The third-order valence-electron chi connectivity index (χ3n) is 5.40. The van der Waals surface area contributed by atoms with E-state index < -0.39 is 0 Å². The fraction of sp³-hybridized carbons (Fsp3) is 0.200. The summed E-state index contributed by atoms with van der Waals surface area (Å²) in [5, 5.41) is 4.26. The molecule has 2 aromatic carbocycles. The number of carbonyl (C=O) groups excluding carboxylic acids is 1. The number of para-hydroxylation sites is 1. The third-order valence-corrected chi connectivity index (χ3v) is 5.40. The van der Waals surface area contributed by atoms with Gasteiger partial charge >= 0.3 is 0 Å². The molecule has 2 aromatic heterocycles. The van der Waals surface area contributed by atoms with Crippen LogP contribution in [0.1, 0.15) is 33.2 Å². The van der Waals surface area contributed by atoms with Crippen molar-refractivity contribution in [3.8, 4) is 0 Å². The fourth-order valence-electron chi connectivity index (χ4n) is 3.75. The van der Waals surface area contributed by atoms with Crippen molar-refractivity contribution in [2.24, 2.45) is 0 Å². The number of nitrogens with zero attached hydrogens (tertiary/aromatic N) is 2. The topological polar surface area (TPSA) is 61.0 Å². The number of anilines is 1. The number of pyridine rings is 1. The molecule has 0 saturated carbocycles. The van der Waals surface area contributed by atoms with Crippen molar-refractivity contribution in [1.29, 1.82) is 0 Å². The molecule has 5 heteroatoms. The van der Waals surface area contributed by atoms with Gasteiger partial charge in [-0.15, -0.1) is 0 Å². The van der Waals surface area contributed by atoms with Gasteiger partial charge in [0.15, 0.2) is 0 Å². The Bertz CT molecular complexity index is 1160. The number of benzene rings is 2. The minimum absolute atomic E-state index is 0.0196. The first-order chi connectivity index (χ1) is 14.5. The van der Waals surface area contributed by atoms with Crippen LogP contribution in [0.2, 0.25) is 0 Å². The van der Waals surface area contributed by atoms with E-state index in [1.807, 2.05) is 51.5 Å². The SMILES string of the molecule is Cc1cccc(C(=O)NCC(c2ccc(N(C)C)cc2)c2c[nH]c3ccccc23)n1. The first kappa shape index (κ1) is 19.7. The molecule has 0 radical (unpaired) electrons. The maximum atomic E-state index is 12.7. The molecule has 2 heterocycles. The van der Waals surface area contributed by atoms with E-state index in [9.17, 15) is 4.79 Å². The predicted molar refractivity (Wildman–Crippen MR) is 122 cm³/mol. The number of H-pyrrole nitrogens is 1. The molecule has 4 aromatic rings. The van der Waals surface area contributed by atoms with Gasteiger partial charge in [-0.3, -0.25) is 4.79 Å². The molecule has 4 rings (SSSR count). The van der Waals surface area contributed by atoms with Crippen LogP contribution in [0.15, 0.2) is 72.9 Å². The van der Waals surface area contributed by atoms with Gasteiger partial charge in [0.05, 0.1) is 0 Å². The summed E-state index contributed by atoms with van der Waals surface area (Å²) in [5.41, 5.74) is 5.83. The molecule has 0 saturated heterocycles. The highest BCUT2D eigenvalue weighted by Gasteiger charge is 2.20. The zero-order valence-corrected chi connectivity index (χ0v) is 17.5. The van der Waals surface area contributed by atoms with E-state index >= 15 is 0 Å². The van der Waals surface area contributed by atoms with Crippen LogP contribution in [0.3, 0.4) is 0 Å². The third kappa shape index (κ3) is 4.06. The van der Waals surface area contributed by atoms with Gasteiger partial charge in [0.25, 0.3) is 5.91 Å².